The smallest absolute Gasteiger partial charge is 0.185 e. The van der Waals surface area contributed by atoms with Gasteiger partial charge in [-0.3, -0.25) is 9.78 Å². The van der Waals surface area contributed by atoms with Gasteiger partial charge in [0.1, 0.15) is 5.75 Å². The average Bonchev–Trinajstić information content (AvgIpc) is 2.64. The summed E-state index contributed by atoms with van der Waals surface area (Å²) in [5.74, 6) is 0.758. The fourth-order valence-electron chi connectivity index (χ4n) is 3.15. The van der Waals surface area contributed by atoms with Crippen LogP contribution in [0.5, 0.6) is 5.75 Å². The first-order valence-corrected chi connectivity index (χ1v) is 9.38. The lowest BCUT2D eigenvalue weighted by atomic mass is 9.87. The second-order valence-electron chi connectivity index (χ2n) is 6.77. The molecule has 0 N–H and O–H groups in total. The zero-order valence-electron chi connectivity index (χ0n) is 16.1. The fourth-order valence-corrected chi connectivity index (χ4v) is 3.38. The zero-order chi connectivity index (χ0) is 19.6. The summed E-state index contributed by atoms with van der Waals surface area (Å²) < 4.78 is 5.18. The molecule has 0 atom stereocenters. The SMILES string of the molecule is COc1ccc(/C=C2\CCC/C(=C\c3nc(C)c(C)nc3C)C2=O)c(Cl)c1. The molecule has 1 aromatic heterocycles. The lowest BCUT2D eigenvalue weighted by molar-refractivity contribution is -0.112. The van der Waals surface area contributed by atoms with Crippen LogP contribution in [0, 0.1) is 20.8 Å². The molecule has 1 fully saturated rings. The van der Waals surface area contributed by atoms with Crippen LogP contribution in [-0.4, -0.2) is 22.9 Å². The maximum atomic E-state index is 13.0. The molecule has 27 heavy (non-hydrogen) atoms. The van der Waals surface area contributed by atoms with Crippen LogP contribution in [0.4, 0.5) is 0 Å². The Morgan fingerprint density at radius 1 is 1.00 bits per heavy atom. The van der Waals surface area contributed by atoms with Crippen molar-refractivity contribution in [3.63, 3.8) is 0 Å². The number of aryl methyl sites for hydroxylation is 3. The Bertz CT molecular complexity index is 961. The molecule has 5 heteroatoms. The van der Waals surface area contributed by atoms with Gasteiger partial charge >= 0.3 is 0 Å². The third-order valence-electron chi connectivity index (χ3n) is 4.84. The maximum absolute atomic E-state index is 13.0. The van der Waals surface area contributed by atoms with Crippen molar-refractivity contribution in [3.05, 3.63) is 62.7 Å². The van der Waals surface area contributed by atoms with E-state index in [1.165, 1.54) is 0 Å². The Morgan fingerprint density at radius 3 is 2.33 bits per heavy atom. The van der Waals surface area contributed by atoms with E-state index in [9.17, 15) is 4.79 Å². The Balaban J connectivity index is 1.93. The van der Waals surface area contributed by atoms with Gasteiger partial charge in [0.05, 0.1) is 34.9 Å². The van der Waals surface area contributed by atoms with Gasteiger partial charge in [-0.25, -0.2) is 4.98 Å². The number of ketones is 1. The van der Waals surface area contributed by atoms with Crippen LogP contribution in [0.15, 0.2) is 29.3 Å². The number of halogens is 1. The number of hydrogen-bond donors (Lipinski definition) is 0. The van der Waals surface area contributed by atoms with Gasteiger partial charge < -0.3 is 4.74 Å². The van der Waals surface area contributed by atoms with E-state index in [4.69, 9.17) is 16.3 Å². The van der Waals surface area contributed by atoms with E-state index >= 15 is 0 Å². The fraction of sp³-hybridized carbons (Fsp3) is 0.318. The van der Waals surface area contributed by atoms with Crippen molar-refractivity contribution in [1.82, 2.24) is 9.97 Å². The molecule has 0 unspecified atom stereocenters. The molecule has 1 aromatic carbocycles. The third-order valence-corrected chi connectivity index (χ3v) is 5.17. The Labute approximate surface area is 165 Å². The van der Waals surface area contributed by atoms with Gasteiger partial charge in [-0.2, -0.15) is 0 Å². The van der Waals surface area contributed by atoms with Gasteiger partial charge in [-0.15, -0.1) is 0 Å². The molecular formula is C22H23ClN2O2. The molecule has 1 aliphatic rings. The number of allylic oxidation sites excluding steroid dienone is 2. The average molecular weight is 383 g/mol. The summed E-state index contributed by atoms with van der Waals surface area (Å²) >= 11 is 6.33. The molecular weight excluding hydrogens is 360 g/mol. The standard InChI is InChI=1S/C22H23ClN2O2/c1-13-14(2)25-21(15(3)24-13)11-18-7-5-6-17(22(18)26)10-16-8-9-19(27-4)12-20(16)23/h8-12H,5-7H2,1-4H3/b17-10+,18-11+. The van der Waals surface area contributed by atoms with Crippen LogP contribution in [0.2, 0.25) is 5.02 Å². The van der Waals surface area contributed by atoms with Crippen molar-refractivity contribution < 1.29 is 9.53 Å². The number of ether oxygens (including phenoxy) is 1. The Kier molecular flexibility index (Phi) is 5.76. The van der Waals surface area contributed by atoms with Crippen molar-refractivity contribution in [2.45, 2.75) is 40.0 Å². The molecule has 140 valence electrons. The number of aromatic nitrogens is 2. The summed E-state index contributed by atoms with van der Waals surface area (Å²) in [6.07, 6.45) is 6.20. The van der Waals surface area contributed by atoms with Crippen LogP contribution in [0.1, 0.15) is 47.6 Å². The minimum atomic E-state index is 0.0626. The van der Waals surface area contributed by atoms with Crippen molar-refractivity contribution in [1.29, 1.82) is 0 Å². The molecule has 0 amide bonds. The summed E-state index contributed by atoms with van der Waals surface area (Å²) in [5.41, 5.74) is 5.78. The van der Waals surface area contributed by atoms with Crippen LogP contribution in [0.3, 0.4) is 0 Å². The first kappa shape index (κ1) is 19.3. The second-order valence-corrected chi connectivity index (χ2v) is 7.18. The predicted molar refractivity (Wildman–Crippen MR) is 109 cm³/mol. The number of hydrogen-bond acceptors (Lipinski definition) is 4. The number of Topliss-reactive ketones (excluding diaryl/α,β-unsaturated/α-hetero) is 1. The number of methoxy groups -OCH3 is 1. The minimum Gasteiger partial charge on any atom is -0.497 e. The summed E-state index contributed by atoms with van der Waals surface area (Å²) in [7, 11) is 1.60. The van der Waals surface area contributed by atoms with Crippen LogP contribution in [0.25, 0.3) is 12.2 Å². The van der Waals surface area contributed by atoms with E-state index in [0.29, 0.717) is 10.8 Å². The van der Waals surface area contributed by atoms with E-state index in [2.05, 4.69) is 9.97 Å². The summed E-state index contributed by atoms with van der Waals surface area (Å²) in [4.78, 5) is 22.1. The van der Waals surface area contributed by atoms with Gasteiger partial charge in [-0.05, 0) is 75.9 Å². The molecule has 4 nitrogen and oxygen atoms in total. The number of carbonyl (C=O) groups is 1. The number of benzene rings is 1. The first-order valence-electron chi connectivity index (χ1n) is 9.00. The molecule has 0 bridgehead atoms. The molecule has 3 rings (SSSR count). The topological polar surface area (TPSA) is 52.1 Å². The summed E-state index contributed by atoms with van der Waals surface area (Å²) in [6, 6.07) is 5.47. The van der Waals surface area contributed by atoms with Crippen LogP contribution in [-0.2, 0) is 4.79 Å². The highest BCUT2D eigenvalue weighted by Crippen LogP contribution is 2.31. The summed E-state index contributed by atoms with van der Waals surface area (Å²) in [6.45, 7) is 5.80. The van der Waals surface area contributed by atoms with Gasteiger partial charge in [0.15, 0.2) is 5.78 Å². The third kappa shape index (κ3) is 4.28. The maximum Gasteiger partial charge on any atom is 0.185 e. The molecule has 0 saturated heterocycles. The van der Waals surface area contributed by atoms with E-state index in [1.54, 1.807) is 13.2 Å². The Hall–Kier alpha value is -2.46. The lowest BCUT2D eigenvalue weighted by Crippen LogP contribution is -2.13. The molecule has 0 radical (unpaired) electrons. The van der Waals surface area contributed by atoms with E-state index in [1.807, 2.05) is 45.1 Å². The van der Waals surface area contributed by atoms with E-state index in [-0.39, 0.29) is 5.78 Å². The molecule has 0 aliphatic heterocycles. The zero-order valence-corrected chi connectivity index (χ0v) is 16.9. The quantitative estimate of drug-likeness (QED) is 0.677. The predicted octanol–water partition coefficient (Wildman–Crippen LogP) is 5.28. The number of carbonyl (C=O) groups excluding carboxylic acids is 1. The van der Waals surface area contributed by atoms with Crippen molar-refractivity contribution in [3.8, 4) is 5.75 Å². The van der Waals surface area contributed by atoms with E-state index in [0.717, 1.165) is 58.7 Å². The van der Waals surface area contributed by atoms with Gasteiger partial charge in [-0.1, -0.05) is 11.6 Å². The number of rotatable bonds is 3. The van der Waals surface area contributed by atoms with Crippen molar-refractivity contribution >= 4 is 29.5 Å². The van der Waals surface area contributed by atoms with Crippen molar-refractivity contribution in [2.75, 3.05) is 7.11 Å². The van der Waals surface area contributed by atoms with Gasteiger partial charge in [0.2, 0.25) is 0 Å². The largest absolute Gasteiger partial charge is 0.497 e. The highest BCUT2D eigenvalue weighted by Gasteiger charge is 2.21. The monoisotopic (exact) mass is 382 g/mol. The first-order chi connectivity index (χ1) is 12.9. The second kappa shape index (κ2) is 8.05. The molecule has 0 spiro atoms. The lowest BCUT2D eigenvalue weighted by Gasteiger charge is -2.17. The van der Waals surface area contributed by atoms with Crippen LogP contribution < -0.4 is 4.74 Å². The van der Waals surface area contributed by atoms with Crippen molar-refractivity contribution in [2.24, 2.45) is 0 Å². The molecule has 1 aliphatic carbocycles. The minimum absolute atomic E-state index is 0.0626. The Morgan fingerprint density at radius 2 is 1.67 bits per heavy atom. The van der Waals surface area contributed by atoms with E-state index < -0.39 is 0 Å². The molecule has 1 saturated carbocycles. The normalized spacial score (nSPS) is 17.6. The highest BCUT2D eigenvalue weighted by molar-refractivity contribution is 6.32. The van der Waals surface area contributed by atoms with Gasteiger partial charge in [0.25, 0.3) is 0 Å². The van der Waals surface area contributed by atoms with Crippen LogP contribution >= 0.6 is 11.6 Å². The van der Waals surface area contributed by atoms with Gasteiger partial charge in [0, 0.05) is 11.1 Å². The number of nitrogens with zero attached hydrogens (tertiary/aromatic N) is 2. The molecule has 2 aromatic rings. The summed E-state index contributed by atoms with van der Waals surface area (Å²) in [5, 5.41) is 0.571. The highest BCUT2D eigenvalue weighted by atomic mass is 35.5. The molecule has 1 heterocycles.